The summed E-state index contributed by atoms with van der Waals surface area (Å²) in [5.41, 5.74) is 5.00. The Hall–Kier alpha value is -3.72. The molecule has 0 aliphatic carbocycles. The number of aryl methyl sites for hydroxylation is 3. The van der Waals surface area contributed by atoms with Crippen LogP contribution in [0.15, 0.2) is 59.6 Å². The molecule has 1 aliphatic rings. The number of aliphatic imine (C=N–C) groups is 1. The van der Waals surface area contributed by atoms with E-state index < -0.39 is 0 Å². The first kappa shape index (κ1) is 24.4. The lowest BCUT2D eigenvalue weighted by Gasteiger charge is -2.37. The Bertz CT molecular complexity index is 1180. The lowest BCUT2D eigenvalue weighted by atomic mass is 10.2. The number of hydrogen-bond donors (Lipinski definition) is 2. The average Bonchev–Trinajstić information content (AvgIpc) is 2.85. The number of methoxy groups -OCH3 is 1. The number of para-hydroxylation sites is 1. The van der Waals surface area contributed by atoms with Crippen molar-refractivity contribution in [1.29, 1.82) is 0 Å². The second-order valence-electron chi connectivity index (χ2n) is 8.45. The standard InChI is InChI=1S/C26H31N7OS/c1-18-7-5-6-8-23(18)29-26(35)31-25(30-24-27-19(2)17-20(3)28-24)33-15-13-32(14-16-33)21-9-11-22(34-4)12-10-21/h5-12,17H,13-16H2,1-4H3,(H2,27,28,29,30,31,35). The maximum Gasteiger partial charge on any atom is 0.229 e. The Kier molecular flexibility index (Phi) is 7.77. The molecule has 0 unspecified atom stereocenters. The van der Waals surface area contributed by atoms with E-state index >= 15 is 0 Å². The molecular formula is C26H31N7OS. The molecule has 0 radical (unpaired) electrons. The molecule has 35 heavy (non-hydrogen) atoms. The molecule has 1 fully saturated rings. The zero-order chi connectivity index (χ0) is 24.8. The van der Waals surface area contributed by atoms with E-state index in [9.17, 15) is 0 Å². The second kappa shape index (κ2) is 11.1. The lowest BCUT2D eigenvalue weighted by molar-refractivity contribution is 0.385. The fourth-order valence-corrected chi connectivity index (χ4v) is 4.18. The second-order valence-corrected chi connectivity index (χ2v) is 8.84. The van der Waals surface area contributed by atoms with Gasteiger partial charge in [-0.15, -0.1) is 0 Å². The van der Waals surface area contributed by atoms with Crippen LogP contribution in [0, 0.1) is 20.8 Å². The number of benzene rings is 2. The van der Waals surface area contributed by atoms with Crippen molar-refractivity contribution in [3.63, 3.8) is 0 Å². The number of ether oxygens (including phenoxy) is 1. The SMILES string of the molecule is COc1ccc(N2CCN(/C(=N\C(=S)Nc3ccccc3C)Nc3nc(C)cc(C)n3)CC2)cc1. The van der Waals surface area contributed by atoms with E-state index in [4.69, 9.17) is 21.9 Å². The maximum absolute atomic E-state index is 5.60. The monoisotopic (exact) mass is 489 g/mol. The summed E-state index contributed by atoms with van der Waals surface area (Å²) in [6.07, 6.45) is 0. The van der Waals surface area contributed by atoms with Crippen molar-refractivity contribution in [1.82, 2.24) is 14.9 Å². The van der Waals surface area contributed by atoms with Crippen LogP contribution >= 0.6 is 12.2 Å². The molecule has 1 saturated heterocycles. The lowest BCUT2D eigenvalue weighted by Crippen LogP contribution is -2.51. The van der Waals surface area contributed by atoms with E-state index in [2.05, 4.69) is 42.5 Å². The van der Waals surface area contributed by atoms with Crippen LogP contribution in [-0.2, 0) is 0 Å². The summed E-state index contributed by atoms with van der Waals surface area (Å²) in [5, 5.41) is 6.95. The summed E-state index contributed by atoms with van der Waals surface area (Å²) in [4.78, 5) is 18.4. The Morgan fingerprint density at radius 3 is 2.20 bits per heavy atom. The van der Waals surface area contributed by atoms with E-state index in [-0.39, 0.29) is 0 Å². The van der Waals surface area contributed by atoms with Gasteiger partial charge in [-0.3, -0.25) is 5.32 Å². The Balaban J connectivity index is 1.52. The molecule has 0 saturated carbocycles. The number of guanidine groups is 1. The van der Waals surface area contributed by atoms with Crippen LogP contribution in [0.3, 0.4) is 0 Å². The molecule has 2 N–H and O–H groups in total. The maximum atomic E-state index is 5.60. The van der Waals surface area contributed by atoms with E-state index in [1.807, 2.05) is 63.2 Å². The van der Waals surface area contributed by atoms with Crippen LogP contribution < -0.4 is 20.3 Å². The van der Waals surface area contributed by atoms with Crippen molar-refractivity contribution in [3.05, 3.63) is 71.5 Å². The predicted molar refractivity (Wildman–Crippen MR) is 147 cm³/mol. The van der Waals surface area contributed by atoms with Gasteiger partial charge < -0.3 is 19.9 Å². The number of thiocarbonyl (C=S) groups is 1. The molecule has 8 nitrogen and oxygen atoms in total. The molecule has 0 atom stereocenters. The van der Waals surface area contributed by atoms with Crippen molar-refractivity contribution < 1.29 is 4.74 Å². The Morgan fingerprint density at radius 1 is 0.914 bits per heavy atom. The Morgan fingerprint density at radius 2 is 1.57 bits per heavy atom. The number of piperazine rings is 1. The summed E-state index contributed by atoms with van der Waals surface area (Å²) >= 11 is 5.60. The fraction of sp³-hybridized carbons (Fsp3) is 0.308. The van der Waals surface area contributed by atoms with Gasteiger partial charge >= 0.3 is 0 Å². The van der Waals surface area contributed by atoms with Gasteiger partial charge in [-0.1, -0.05) is 18.2 Å². The van der Waals surface area contributed by atoms with Gasteiger partial charge in [0.05, 0.1) is 7.11 Å². The summed E-state index contributed by atoms with van der Waals surface area (Å²) < 4.78 is 5.28. The van der Waals surface area contributed by atoms with E-state index in [1.54, 1.807) is 7.11 Å². The van der Waals surface area contributed by atoms with Gasteiger partial charge in [0.25, 0.3) is 0 Å². The minimum atomic E-state index is 0.378. The highest BCUT2D eigenvalue weighted by atomic mass is 32.1. The molecule has 1 aliphatic heterocycles. The molecule has 2 aromatic carbocycles. The van der Waals surface area contributed by atoms with Gasteiger partial charge in [-0.2, -0.15) is 4.99 Å². The Labute approximate surface area is 212 Å². The molecule has 0 bridgehead atoms. The number of nitrogens with one attached hydrogen (secondary N) is 2. The summed E-state index contributed by atoms with van der Waals surface area (Å²) in [6, 6.07) is 18.1. The summed E-state index contributed by atoms with van der Waals surface area (Å²) in [6.45, 7) is 9.18. The first-order valence-corrected chi connectivity index (χ1v) is 12.0. The first-order chi connectivity index (χ1) is 16.9. The molecule has 9 heteroatoms. The third-order valence-electron chi connectivity index (χ3n) is 5.82. The minimum Gasteiger partial charge on any atom is -0.497 e. The zero-order valence-corrected chi connectivity index (χ0v) is 21.4. The molecular weight excluding hydrogens is 458 g/mol. The van der Waals surface area contributed by atoms with Crippen molar-refractivity contribution in [2.75, 3.05) is 48.8 Å². The van der Waals surface area contributed by atoms with E-state index in [1.165, 1.54) is 5.69 Å². The molecule has 182 valence electrons. The molecule has 1 aromatic heterocycles. The average molecular weight is 490 g/mol. The normalized spacial score (nSPS) is 14.0. The van der Waals surface area contributed by atoms with E-state index in [0.29, 0.717) is 17.0 Å². The van der Waals surface area contributed by atoms with E-state index in [0.717, 1.165) is 54.6 Å². The fourth-order valence-electron chi connectivity index (χ4n) is 3.98. The topological polar surface area (TPSA) is 77.9 Å². The van der Waals surface area contributed by atoms with Gasteiger partial charge in [0.2, 0.25) is 17.0 Å². The van der Waals surface area contributed by atoms with Crippen LogP contribution in [0.4, 0.5) is 17.3 Å². The molecule has 0 spiro atoms. The van der Waals surface area contributed by atoms with Crippen LogP contribution in [0.2, 0.25) is 0 Å². The van der Waals surface area contributed by atoms with Crippen LogP contribution in [-0.4, -0.2) is 59.2 Å². The number of anilines is 3. The minimum absolute atomic E-state index is 0.378. The van der Waals surface area contributed by atoms with Crippen molar-refractivity contribution >= 4 is 40.6 Å². The third-order valence-corrected chi connectivity index (χ3v) is 6.01. The van der Waals surface area contributed by atoms with Crippen LogP contribution in [0.1, 0.15) is 17.0 Å². The summed E-state index contributed by atoms with van der Waals surface area (Å²) in [5.74, 6) is 2.00. The highest BCUT2D eigenvalue weighted by Crippen LogP contribution is 2.21. The van der Waals surface area contributed by atoms with Gasteiger partial charge in [-0.05, 0) is 75.0 Å². The highest BCUT2D eigenvalue weighted by Gasteiger charge is 2.22. The van der Waals surface area contributed by atoms with Crippen molar-refractivity contribution in [3.8, 4) is 5.75 Å². The smallest absolute Gasteiger partial charge is 0.229 e. The van der Waals surface area contributed by atoms with Crippen molar-refractivity contribution in [2.45, 2.75) is 20.8 Å². The quantitative estimate of drug-likeness (QED) is 0.317. The number of hydrogen-bond acceptors (Lipinski definition) is 5. The van der Waals surface area contributed by atoms with Crippen LogP contribution in [0.5, 0.6) is 5.75 Å². The van der Waals surface area contributed by atoms with Gasteiger partial charge in [-0.25, -0.2) is 9.97 Å². The number of rotatable bonds is 4. The molecule has 0 amide bonds. The van der Waals surface area contributed by atoms with Crippen molar-refractivity contribution in [2.24, 2.45) is 4.99 Å². The molecule has 3 aromatic rings. The van der Waals surface area contributed by atoms with Gasteiger partial charge in [0.1, 0.15) is 5.75 Å². The van der Waals surface area contributed by atoms with Gasteiger partial charge in [0.15, 0.2) is 0 Å². The summed E-state index contributed by atoms with van der Waals surface area (Å²) in [7, 11) is 1.68. The molecule has 2 heterocycles. The first-order valence-electron chi connectivity index (χ1n) is 11.6. The molecule has 4 rings (SSSR count). The highest BCUT2D eigenvalue weighted by molar-refractivity contribution is 7.80. The largest absolute Gasteiger partial charge is 0.497 e. The number of nitrogens with zero attached hydrogens (tertiary/aromatic N) is 5. The predicted octanol–water partition coefficient (Wildman–Crippen LogP) is 4.40. The van der Waals surface area contributed by atoms with Crippen LogP contribution in [0.25, 0.3) is 0 Å². The number of aromatic nitrogens is 2. The third kappa shape index (κ3) is 6.45. The van der Waals surface area contributed by atoms with Gasteiger partial charge in [0, 0.05) is 48.9 Å². The zero-order valence-electron chi connectivity index (χ0n) is 20.6.